The second-order valence-electron chi connectivity index (χ2n) is 5.07. The molecule has 126 valence electrons. The quantitative estimate of drug-likeness (QED) is 0.411. The fourth-order valence-corrected chi connectivity index (χ4v) is 2.33. The highest BCUT2D eigenvalue weighted by molar-refractivity contribution is 5.97. The Hall–Kier alpha value is -3.68. The molecule has 0 fully saturated rings. The number of non-ortho nitro benzene ring substituents is 1. The van der Waals surface area contributed by atoms with E-state index in [-0.39, 0.29) is 11.4 Å². The number of nitrogens with zero attached hydrogens (tertiary/aromatic N) is 2. The van der Waals surface area contributed by atoms with Crippen LogP contribution in [0.3, 0.4) is 0 Å². The lowest BCUT2D eigenvalue weighted by Crippen LogP contribution is -2.15. The maximum atomic E-state index is 12.3. The Bertz CT molecular complexity index is 974. The summed E-state index contributed by atoms with van der Waals surface area (Å²) in [5, 5.41) is 11.3. The van der Waals surface area contributed by atoms with Crippen LogP contribution < -0.4 is 4.74 Å². The average molecular weight is 340 g/mol. The second kappa shape index (κ2) is 6.44. The average Bonchev–Trinajstić information content (AvgIpc) is 3.04. The minimum atomic E-state index is -0.672. The Morgan fingerprint density at radius 1 is 1.08 bits per heavy atom. The van der Waals surface area contributed by atoms with Gasteiger partial charge in [0.05, 0.1) is 23.1 Å². The highest BCUT2D eigenvalue weighted by Gasteiger charge is 2.14. The Labute approximate surface area is 141 Å². The summed E-state index contributed by atoms with van der Waals surface area (Å²) in [4.78, 5) is 33.9. The number of hydrogen-bond acceptors (Lipinski definition) is 6. The number of ether oxygens (including phenoxy) is 2. The van der Waals surface area contributed by atoms with Crippen LogP contribution in [0.1, 0.15) is 10.4 Å². The molecule has 0 saturated carbocycles. The van der Waals surface area contributed by atoms with Gasteiger partial charge in [-0.05, 0) is 36.4 Å². The largest absolute Gasteiger partial charge is 0.465 e. The van der Waals surface area contributed by atoms with Crippen molar-refractivity contribution in [1.29, 1.82) is 0 Å². The molecule has 0 spiro atoms. The zero-order valence-electron chi connectivity index (χ0n) is 13.0. The van der Waals surface area contributed by atoms with Gasteiger partial charge in [-0.25, -0.2) is 9.59 Å². The first-order chi connectivity index (χ1) is 12.0. The third kappa shape index (κ3) is 3.18. The van der Waals surface area contributed by atoms with Crippen LogP contribution in [-0.4, -0.2) is 28.7 Å². The SMILES string of the molecule is COC(=O)c1ccc2c(ccn2C(=O)Oc2ccc([N+](=O)[O-])cc2)c1. The zero-order chi connectivity index (χ0) is 18.0. The van der Waals surface area contributed by atoms with Gasteiger partial charge in [-0.1, -0.05) is 0 Å². The van der Waals surface area contributed by atoms with E-state index in [1.54, 1.807) is 24.3 Å². The smallest absolute Gasteiger partial charge is 0.423 e. The summed E-state index contributed by atoms with van der Waals surface area (Å²) >= 11 is 0. The summed E-state index contributed by atoms with van der Waals surface area (Å²) in [5.41, 5.74) is 0.831. The van der Waals surface area contributed by atoms with Crippen molar-refractivity contribution in [2.45, 2.75) is 0 Å². The number of rotatable bonds is 3. The van der Waals surface area contributed by atoms with Crippen molar-refractivity contribution < 1.29 is 24.0 Å². The van der Waals surface area contributed by atoms with Gasteiger partial charge in [-0.15, -0.1) is 0 Å². The van der Waals surface area contributed by atoms with Crippen LogP contribution in [0, 0.1) is 10.1 Å². The number of aromatic nitrogens is 1. The molecule has 0 N–H and O–H groups in total. The van der Waals surface area contributed by atoms with Crippen LogP contribution in [0.5, 0.6) is 5.75 Å². The third-order valence-electron chi connectivity index (χ3n) is 3.56. The molecule has 0 unspecified atom stereocenters. The van der Waals surface area contributed by atoms with Crippen molar-refractivity contribution in [2.75, 3.05) is 7.11 Å². The van der Waals surface area contributed by atoms with Gasteiger partial charge >= 0.3 is 12.1 Å². The molecule has 1 aromatic heterocycles. The minimum Gasteiger partial charge on any atom is -0.465 e. The molecule has 0 aliphatic rings. The summed E-state index contributed by atoms with van der Waals surface area (Å²) in [7, 11) is 1.29. The van der Waals surface area contributed by atoms with Crippen LogP contribution in [0.15, 0.2) is 54.7 Å². The van der Waals surface area contributed by atoms with Crippen molar-refractivity contribution >= 4 is 28.7 Å². The molecule has 0 aliphatic carbocycles. The minimum absolute atomic E-state index is 0.0958. The first kappa shape index (κ1) is 16.2. The van der Waals surface area contributed by atoms with Crippen molar-refractivity contribution in [1.82, 2.24) is 4.57 Å². The summed E-state index contributed by atoms with van der Waals surface area (Å²) in [6, 6.07) is 11.6. The molecule has 0 atom stereocenters. The van der Waals surface area contributed by atoms with E-state index in [0.717, 1.165) is 0 Å². The van der Waals surface area contributed by atoms with Gasteiger partial charge in [-0.2, -0.15) is 0 Å². The van der Waals surface area contributed by atoms with E-state index in [2.05, 4.69) is 4.74 Å². The molecule has 3 aromatic rings. The Kier molecular flexibility index (Phi) is 4.17. The Balaban J connectivity index is 1.84. The molecule has 8 nitrogen and oxygen atoms in total. The number of hydrogen-bond donors (Lipinski definition) is 0. The number of nitro benzene ring substituents is 1. The maximum absolute atomic E-state index is 12.3. The lowest BCUT2D eigenvalue weighted by Gasteiger charge is -2.06. The van der Waals surface area contributed by atoms with Crippen LogP contribution in [0.4, 0.5) is 10.5 Å². The Morgan fingerprint density at radius 3 is 2.44 bits per heavy atom. The highest BCUT2D eigenvalue weighted by Crippen LogP contribution is 2.21. The third-order valence-corrected chi connectivity index (χ3v) is 3.56. The molecule has 8 heteroatoms. The molecular weight excluding hydrogens is 328 g/mol. The number of esters is 1. The van der Waals surface area contributed by atoms with E-state index in [9.17, 15) is 19.7 Å². The number of carbonyl (C=O) groups is 2. The summed E-state index contributed by atoms with van der Waals surface area (Å²) in [5.74, 6) is -0.285. The van der Waals surface area contributed by atoms with E-state index in [4.69, 9.17) is 4.74 Å². The number of nitro groups is 1. The summed E-state index contributed by atoms with van der Waals surface area (Å²) in [6.07, 6.45) is 0.842. The molecular formula is C17H12N2O6. The van der Waals surface area contributed by atoms with Crippen LogP contribution in [-0.2, 0) is 4.74 Å². The van der Waals surface area contributed by atoms with Gasteiger partial charge in [-0.3, -0.25) is 14.7 Å². The van der Waals surface area contributed by atoms with E-state index >= 15 is 0 Å². The Morgan fingerprint density at radius 2 is 1.80 bits per heavy atom. The number of carbonyl (C=O) groups excluding carboxylic acids is 2. The first-order valence-corrected chi connectivity index (χ1v) is 7.15. The molecule has 0 saturated heterocycles. The zero-order valence-corrected chi connectivity index (χ0v) is 13.0. The van der Waals surface area contributed by atoms with Crippen LogP contribution in [0.2, 0.25) is 0 Å². The number of fused-ring (bicyclic) bond motifs is 1. The topological polar surface area (TPSA) is 101 Å². The van der Waals surface area contributed by atoms with Crippen molar-refractivity contribution in [3.05, 3.63) is 70.4 Å². The molecule has 1 heterocycles. The molecule has 2 aromatic carbocycles. The van der Waals surface area contributed by atoms with E-state index in [0.29, 0.717) is 16.5 Å². The fourth-order valence-electron chi connectivity index (χ4n) is 2.33. The van der Waals surface area contributed by atoms with E-state index in [1.165, 1.54) is 42.1 Å². The molecule has 0 radical (unpaired) electrons. The monoisotopic (exact) mass is 340 g/mol. The van der Waals surface area contributed by atoms with Crippen molar-refractivity contribution in [3.8, 4) is 5.75 Å². The predicted molar refractivity (Wildman–Crippen MR) is 87.8 cm³/mol. The first-order valence-electron chi connectivity index (χ1n) is 7.15. The van der Waals surface area contributed by atoms with Gasteiger partial charge in [0.25, 0.3) is 5.69 Å². The number of benzene rings is 2. The van der Waals surface area contributed by atoms with Crippen LogP contribution in [0.25, 0.3) is 10.9 Å². The number of methoxy groups -OCH3 is 1. The lowest BCUT2D eigenvalue weighted by atomic mass is 10.1. The fraction of sp³-hybridized carbons (Fsp3) is 0.0588. The summed E-state index contributed by atoms with van der Waals surface area (Å²) in [6.45, 7) is 0. The standard InChI is InChI=1S/C17H12N2O6/c1-24-16(20)12-2-7-15-11(10-12)8-9-18(15)17(21)25-14-5-3-13(4-6-14)19(22)23/h2-10H,1H3. The van der Waals surface area contributed by atoms with Gasteiger partial charge in [0.2, 0.25) is 0 Å². The van der Waals surface area contributed by atoms with Crippen LogP contribution >= 0.6 is 0 Å². The van der Waals surface area contributed by atoms with Gasteiger partial charge in [0, 0.05) is 23.7 Å². The molecule has 3 rings (SSSR count). The molecule has 0 amide bonds. The van der Waals surface area contributed by atoms with Crippen molar-refractivity contribution in [2.24, 2.45) is 0 Å². The molecule has 0 aliphatic heterocycles. The second-order valence-corrected chi connectivity index (χ2v) is 5.07. The lowest BCUT2D eigenvalue weighted by molar-refractivity contribution is -0.384. The van der Waals surface area contributed by atoms with Gasteiger partial charge in [0.15, 0.2) is 0 Å². The van der Waals surface area contributed by atoms with Crippen molar-refractivity contribution in [3.63, 3.8) is 0 Å². The highest BCUT2D eigenvalue weighted by atomic mass is 16.6. The van der Waals surface area contributed by atoms with Gasteiger partial charge < -0.3 is 9.47 Å². The molecule has 25 heavy (non-hydrogen) atoms. The molecule has 0 bridgehead atoms. The predicted octanol–water partition coefficient (Wildman–Crippen LogP) is 3.38. The van der Waals surface area contributed by atoms with Gasteiger partial charge in [0.1, 0.15) is 5.75 Å². The maximum Gasteiger partial charge on any atom is 0.423 e. The normalized spacial score (nSPS) is 10.4. The van der Waals surface area contributed by atoms with E-state index in [1.807, 2.05) is 0 Å². The van der Waals surface area contributed by atoms with E-state index < -0.39 is 17.0 Å². The summed E-state index contributed by atoms with van der Waals surface area (Å²) < 4.78 is 11.1.